The molecular formula is C23H34N2O3. The summed E-state index contributed by atoms with van der Waals surface area (Å²) in [6.07, 6.45) is 6.62. The van der Waals surface area contributed by atoms with E-state index in [-0.39, 0.29) is 17.7 Å². The smallest absolute Gasteiger partial charge is 0.225 e. The van der Waals surface area contributed by atoms with Crippen LogP contribution in [0.2, 0.25) is 0 Å². The molecule has 2 aliphatic rings. The van der Waals surface area contributed by atoms with E-state index in [1.165, 1.54) is 5.56 Å². The van der Waals surface area contributed by atoms with Gasteiger partial charge in [-0.25, -0.2) is 0 Å². The van der Waals surface area contributed by atoms with Gasteiger partial charge in [0.1, 0.15) is 0 Å². The Bertz CT molecular complexity index is 618. The zero-order chi connectivity index (χ0) is 19.8. The summed E-state index contributed by atoms with van der Waals surface area (Å²) < 4.78 is 4.97. The first-order valence-corrected chi connectivity index (χ1v) is 10.8. The van der Waals surface area contributed by atoms with Crippen molar-refractivity contribution >= 4 is 11.8 Å². The summed E-state index contributed by atoms with van der Waals surface area (Å²) in [5.74, 6) is 1.27. The van der Waals surface area contributed by atoms with E-state index in [4.69, 9.17) is 4.74 Å². The summed E-state index contributed by atoms with van der Waals surface area (Å²) in [4.78, 5) is 27.2. The van der Waals surface area contributed by atoms with Crippen molar-refractivity contribution in [1.82, 2.24) is 10.2 Å². The Morgan fingerprint density at radius 1 is 1.00 bits per heavy atom. The van der Waals surface area contributed by atoms with Crippen LogP contribution in [-0.4, -0.2) is 50.1 Å². The van der Waals surface area contributed by atoms with Crippen LogP contribution in [0.1, 0.15) is 44.1 Å². The van der Waals surface area contributed by atoms with Gasteiger partial charge in [-0.1, -0.05) is 30.3 Å². The molecule has 5 nitrogen and oxygen atoms in total. The molecular weight excluding hydrogens is 352 g/mol. The zero-order valence-corrected chi connectivity index (χ0v) is 17.1. The van der Waals surface area contributed by atoms with Crippen molar-refractivity contribution in [2.75, 3.05) is 33.4 Å². The molecule has 1 saturated heterocycles. The fourth-order valence-corrected chi connectivity index (χ4v) is 4.59. The van der Waals surface area contributed by atoms with Crippen molar-refractivity contribution in [3.05, 3.63) is 35.9 Å². The van der Waals surface area contributed by atoms with Gasteiger partial charge >= 0.3 is 0 Å². The predicted molar refractivity (Wildman–Crippen MR) is 110 cm³/mol. The SMILES string of the molecule is COCCNC(=O)C1CCC(C(=O)N2CCC(Cc3ccccc3)CC2)CC1. The van der Waals surface area contributed by atoms with Crippen molar-refractivity contribution in [2.45, 2.75) is 44.9 Å². The molecule has 0 atom stereocenters. The number of nitrogens with zero attached hydrogens (tertiary/aromatic N) is 1. The van der Waals surface area contributed by atoms with Crippen molar-refractivity contribution in [3.8, 4) is 0 Å². The lowest BCUT2D eigenvalue weighted by atomic mass is 9.80. The number of ether oxygens (including phenoxy) is 1. The minimum absolute atomic E-state index is 0.0533. The van der Waals surface area contributed by atoms with Crippen LogP contribution in [0.15, 0.2) is 30.3 Å². The maximum Gasteiger partial charge on any atom is 0.225 e. The minimum Gasteiger partial charge on any atom is -0.383 e. The van der Waals surface area contributed by atoms with Gasteiger partial charge in [-0.15, -0.1) is 0 Å². The van der Waals surface area contributed by atoms with Crippen molar-refractivity contribution < 1.29 is 14.3 Å². The molecule has 154 valence electrons. The maximum absolute atomic E-state index is 12.9. The normalized spacial score (nSPS) is 23.4. The molecule has 1 aliphatic carbocycles. The average molecular weight is 387 g/mol. The quantitative estimate of drug-likeness (QED) is 0.733. The second-order valence-electron chi connectivity index (χ2n) is 8.29. The molecule has 1 aliphatic heterocycles. The summed E-state index contributed by atoms with van der Waals surface area (Å²) in [6, 6.07) is 10.6. The minimum atomic E-state index is 0.0533. The van der Waals surface area contributed by atoms with Gasteiger partial charge in [0.25, 0.3) is 0 Å². The lowest BCUT2D eigenvalue weighted by molar-refractivity contribution is -0.139. The van der Waals surface area contributed by atoms with Crippen LogP contribution in [0.25, 0.3) is 0 Å². The van der Waals surface area contributed by atoms with Crippen LogP contribution in [-0.2, 0) is 20.7 Å². The van der Waals surface area contributed by atoms with E-state index in [1.807, 2.05) is 0 Å². The van der Waals surface area contributed by atoms with Crippen LogP contribution in [0, 0.1) is 17.8 Å². The first kappa shape index (κ1) is 20.8. The summed E-state index contributed by atoms with van der Waals surface area (Å²) in [7, 11) is 1.63. The molecule has 2 fully saturated rings. The van der Waals surface area contributed by atoms with Gasteiger partial charge in [0, 0.05) is 38.6 Å². The van der Waals surface area contributed by atoms with Crippen molar-refractivity contribution in [3.63, 3.8) is 0 Å². The van der Waals surface area contributed by atoms with Crippen LogP contribution < -0.4 is 5.32 Å². The Kier molecular flexibility index (Phi) is 7.90. The summed E-state index contributed by atoms with van der Waals surface area (Å²) >= 11 is 0. The monoisotopic (exact) mass is 386 g/mol. The molecule has 5 heteroatoms. The Balaban J connectivity index is 1.38. The van der Waals surface area contributed by atoms with E-state index in [0.29, 0.717) is 25.0 Å². The standard InChI is InChI=1S/C23H34N2O3/c1-28-16-13-24-22(26)20-7-9-21(10-8-20)23(27)25-14-11-19(12-15-25)17-18-5-3-2-4-6-18/h2-6,19-21H,7-17H2,1H3,(H,24,26). The first-order valence-electron chi connectivity index (χ1n) is 10.8. The van der Waals surface area contributed by atoms with E-state index < -0.39 is 0 Å². The lowest BCUT2D eigenvalue weighted by Gasteiger charge is -2.36. The Labute approximate surface area is 168 Å². The number of carbonyl (C=O) groups excluding carboxylic acids is 2. The van der Waals surface area contributed by atoms with E-state index in [2.05, 4.69) is 40.5 Å². The van der Waals surface area contributed by atoms with E-state index in [9.17, 15) is 9.59 Å². The first-order chi connectivity index (χ1) is 13.7. The van der Waals surface area contributed by atoms with Crippen LogP contribution in [0.4, 0.5) is 0 Å². The highest BCUT2D eigenvalue weighted by Crippen LogP contribution is 2.31. The topological polar surface area (TPSA) is 58.6 Å². The fraction of sp³-hybridized carbons (Fsp3) is 0.652. The number of amides is 2. The molecule has 0 unspecified atom stereocenters. The van der Waals surface area contributed by atoms with Crippen LogP contribution in [0.5, 0.6) is 0 Å². The predicted octanol–water partition coefficient (Wildman–Crippen LogP) is 3.04. The van der Waals surface area contributed by atoms with Crippen LogP contribution in [0.3, 0.4) is 0 Å². The average Bonchev–Trinajstić information content (AvgIpc) is 2.75. The van der Waals surface area contributed by atoms with Crippen LogP contribution >= 0.6 is 0 Å². The number of likely N-dealkylation sites (tertiary alicyclic amines) is 1. The number of hydrogen-bond acceptors (Lipinski definition) is 3. The summed E-state index contributed by atoms with van der Waals surface area (Å²) in [5.41, 5.74) is 1.40. The van der Waals surface area contributed by atoms with Crippen molar-refractivity contribution in [2.24, 2.45) is 17.8 Å². The van der Waals surface area contributed by atoms with Gasteiger partial charge in [0.15, 0.2) is 0 Å². The maximum atomic E-state index is 12.9. The third-order valence-electron chi connectivity index (χ3n) is 6.35. The highest BCUT2D eigenvalue weighted by Gasteiger charge is 2.33. The molecule has 1 aromatic rings. The Morgan fingerprint density at radius 2 is 1.64 bits per heavy atom. The Morgan fingerprint density at radius 3 is 2.29 bits per heavy atom. The molecule has 1 N–H and O–H groups in total. The van der Waals surface area contributed by atoms with E-state index in [1.54, 1.807) is 7.11 Å². The lowest BCUT2D eigenvalue weighted by Crippen LogP contribution is -2.44. The zero-order valence-electron chi connectivity index (χ0n) is 17.1. The third-order valence-corrected chi connectivity index (χ3v) is 6.35. The van der Waals surface area contributed by atoms with Gasteiger partial charge in [0.2, 0.25) is 11.8 Å². The highest BCUT2D eigenvalue weighted by atomic mass is 16.5. The molecule has 28 heavy (non-hydrogen) atoms. The van der Waals surface area contributed by atoms with Gasteiger partial charge < -0.3 is 15.0 Å². The molecule has 0 radical (unpaired) electrons. The largest absolute Gasteiger partial charge is 0.383 e. The summed E-state index contributed by atoms with van der Waals surface area (Å²) in [6.45, 7) is 2.87. The van der Waals surface area contributed by atoms with E-state index in [0.717, 1.165) is 58.0 Å². The number of piperidine rings is 1. The number of rotatable bonds is 7. The van der Waals surface area contributed by atoms with Gasteiger partial charge in [0.05, 0.1) is 6.61 Å². The molecule has 1 aromatic carbocycles. The molecule has 2 amide bonds. The van der Waals surface area contributed by atoms with Crippen molar-refractivity contribution in [1.29, 1.82) is 0 Å². The summed E-state index contributed by atoms with van der Waals surface area (Å²) in [5, 5.41) is 2.93. The number of carbonyl (C=O) groups is 2. The van der Waals surface area contributed by atoms with Gasteiger partial charge in [-0.3, -0.25) is 9.59 Å². The Hall–Kier alpha value is -1.88. The second-order valence-corrected chi connectivity index (χ2v) is 8.29. The number of hydrogen-bond donors (Lipinski definition) is 1. The molecule has 3 rings (SSSR count). The number of methoxy groups -OCH3 is 1. The number of nitrogens with one attached hydrogen (secondary N) is 1. The molecule has 1 saturated carbocycles. The molecule has 0 spiro atoms. The van der Waals surface area contributed by atoms with Gasteiger partial charge in [-0.05, 0) is 56.4 Å². The fourth-order valence-electron chi connectivity index (χ4n) is 4.59. The second kappa shape index (κ2) is 10.6. The molecule has 1 heterocycles. The van der Waals surface area contributed by atoms with E-state index >= 15 is 0 Å². The van der Waals surface area contributed by atoms with Gasteiger partial charge in [-0.2, -0.15) is 0 Å². The highest BCUT2D eigenvalue weighted by molar-refractivity contribution is 5.81. The third kappa shape index (κ3) is 5.81. The number of benzene rings is 1. The molecule has 0 aromatic heterocycles. The molecule has 0 bridgehead atoms.